The van der Waals surface area contributed by atoms with Crippen molar-refractivity contribution in [2.24, 2.45) is 5.92 Å². The fourth-order valence-electron chi connectivity index (χ4n) is 3.64. The molecule has 3 rings (SSSR count). The van der Waals surface area contributed by atoms with Crippen LogP contribution in [0, 0.1) is 12.8 Å². The predicted octanol–water partition coefficient (Wildman–Crippen LogP) is 2.34. The zero-order valence-electron chi connectivity index (χ0n) is 18.9. The van der Waals surface area contributed by atoms with Crippen molar-refractivity contribution in [3.63, 3.8) is 0 Å². The summed E-state index contributed by atoms with van der Waals surface area (Å²) in [6.45, 7) is 4.57. The predicted molar refractivity (Wildman–Crippen MR) is 125 cm³/mol. The topological polar surface area (TPSA) is 122 Å². The minimum absolute atomic E-state index is 0.0576. The van der Waals surface area contributed by atoms with E-state index in [1.54, 1.807) is 25.1 Å². The fraction of sp³-hybridized carbons (Fsp3) is 0.409. The normalized spacial score (nSPS) is 15.8. The number of anilines is 1. The molecule has 0 bridgehead atoms. The van der Waals surface area contributed by atoms with E-state index in [1.165, 1.54) is 35.6 Å². The van der Waals surface area contributed by atoms with Crippen LogP contribution in [0.5, 0.6) is 5.75 Å². The Bertz CT molecular complexity index is 1200. The lowest BCUT2D eigenvalue weighted by Gasteiger charge is -2.30. The number of ether oxygens (including phenoxy) is 1. The third-order valence-electron chi connectivity index (χ3n) is 5.64. The Morgan fingerprint density at radius 1 is 1.03 bits per heavy atom. The van der Waals surface area contributed by atoms with E-state index in [1.807, 2.05) is 6.92 Å². The Hall–Kier alpha value is -2.47. The number of carbonyl (C=O) groups is 1. The van der Waals surface area contributed by atoms with Crippen molar-refractivity contribution >= 4 is 31.6 Å². The number of piperidine rings is 1. The zero-order valence-corrected chi connectivity index (χ0v) is 20.5. The standard InChI is InChI=1S/C22H29N3O6S2/c1-4-31-18-6-9-19(10-7-18)33(29,30)25-13-11-17(12-14-25)22(26)24-21-15-20(8-5-16(21)2)32(27,28)23-3/h5-10,15,17,23H,4,11-14H2,1-3H3,(H,24,26). The SMILES string of the molecule is CCOc1ccc(S(=O)(=O)N2CCC(C(=O)Nc3cc(S(=O)(=O)NC)ccc3C)CC2)cc1. The van der Waals surface area contributed by atoms with E-state index in [0.29, 0.717) is 30.9 Å². The third kappa shape index (κ3) is 5.72. The number of nitrogens with one attached hydrogen (secondary N) is 2. The number of rotatable bonds is 8. The summed E-state index contributed by atoms with van der Waals surface area (Å²) in [7, 11) is -5.98. The van der Waals surface area contributed by atoms with Gasteiger partial charge in [-0.25, -0.2) is 21.6 Å². The molecule has 0 unspecified atom stereocenters. The molecule has 9 nitrogen and oxygen atoms in total. The van der Waals surface area contributed by atoms with Crippen LogP contribution in [0.4, 0.5) is 5.69 Å². The lowest BCUT2D eigenvalue weighted by molar-refractivity contribution is -0.120. The van der Waals surface area contributed by atoms with Crippen LogP contribution in [0.25, 0.3) is 0 Å². The van der Waals surface area contributed by atoms with E-state index in [9.17, 15) is 21.6 Å². The molecule has 1 saturated heterocycles. The van der Waals surface area contributed by atoms with E-state index in [-0.39, 0.29) is 34.7 Å². The smallest absolute Gasteiger partial charge is 0.243 e. The van der Waals surface area contributed by atoms with Crippen LogP contribution in [0.2, 0.25) is 0 Å². The molecule has 0 radical (unpaired) electrons. The minimum atomic E-state index is -3.66. The summed E-state index contributed by atoms with van der Waals surface area (Å²) in [6.07, 6.45) is 0.741. The average molecular weight is 496 g/mol. The summed E-state index contributed by atoms with van der Waals surface area (Å²) in [5, 5.41) is 2.81. The van der Waals surface area contributed by atoms with Gasteiger partial charge < -0.3 is 10.1 Å². The van der Waals surface area contributed by atoms with Crippen LogP contribution in [-0.2, 0) is 24.8 Å². The average Bonchev–Trinajstić information content (AvgIpc) is 2.81. The fourth-order valence-corrected chi connectivity index (χ4v) is 5.86. The first-order chi connectivity index (χ1) is 15.6. The molecule has 2 aromatic rings. The molecule has 1 heterocycles. The number of aryl methyl sites for hydroxylation is 1. The van der Waals surface area contributed by atoms with Gasteiger partial charge in [-0.3, -0.25) is 4.79 Å². The molecule has 1 aliphatic rings. The highest BCUT2D eigenvalue weighted by Gasteiger charge is 2.32. The van der Waals surface area contributed by atoms with Crippen molar-refractivity contribution in [2.45, 2.75) is 36.5 Å². The maximum absolute atomic E-state index is 13.0. The summed E-state index contributed by atoms with van der Waals surface area (Å²) in [5.41, 5.74) is 1.15. The van der Waals surface area contributed by atoms with Gasteiger partial charge in [0, 0.05) is 24.7 Å². The Kier molecular flexibility index (Phi) is 7.78. The summed E-state index contributed by atoms with van der Waals surface area (Å²) in [5.74, 6) is -0.0234. The van der Waals surface area contributed by atoms with Gasteiger partial charge in [0.05, 0.1) is 16.4 Å². The molecule has 1 amide bonds. The number of hydrogen-bond donors (Lipinski definition) is 2. The van der Waals surface area contributed by atoms with Crippen LogP contribution >= 0.6 is 0 Å². The van der Waals surface area contributed by atoms with Crippen LogP contribution in [0.1, 0.15) is 25.3 Å². The van der Waals surface area contributed by atoms with E-state index < -0.39 is 20.0 Å². The van der Waals surface area contributed by atoms with Crippen molar-refractivity contribution in [1.82, 2.24) is 9.03 Å². The number of benzene rings is 2. The molecule has 33 heavy (non-hydrogen) atoms. The van der Waals surface area contributed by atoms with Gasteiger partial charge in [-0.15, -0.1) is 0 Å². The monoisotopic (exact) mass is 495 g/mol. The Morgan fingerprint density at radius 3 is 2.21 bits per heavy atom. The highest BCUT2D eigenvalue weighted by molar-refractivity contribution is 7.89. The molecule has 2 aromatic carbocycles. The lowest BCUT2D eigenvalue weighted by atomic mass is 9.97. The van der Waals surface area contributed by atoms with Crippen molar-refractivity contribution in [1.29, 1.82) is 0 Å². The first kappa shape index (κ1) is 25.2. The quantitative estimate of drug-likeness (QED) is 0.580. The summed E-state index contributed by atoms with van der Waals surface area (Å²) in [4.78, 5) is 13.1. The van der Waals surface area contributed by atoms with E-state index in [4.69, 9.17) is 4.74 Å². The Balaban J connectivity index is 1.65. The minimum Gasteiger partial charge on any atom is -0.494 e. The maximum Gasteiger partial charge on any atom is 0.243 e. The maximum atomic E-state index is 13.0. The molecular formula is C22H29N3O6S2. The zero-order chi connectivity index (χ0) is 24.2. The Labute approximate surface area is 195 Å². The Morgan fingerprint density at radius 2 is 1.64 bits per heavy atom. The molecule has 11 heteroatoms. The van der Waals surface area contributed by atoms with Crippen molar-refractivity contribution in [2.75, 3.05) is 32.1 Å². The summed E-state index contributed by atoms with van der Waals surface area (Å²) >= 11 is 0. The van der Waals surface area contributed by atoms with Crippen molar-refractivity contribution in [3.8, 4) is 5.75 Å². The van der Waals surface area contributed by atoms with Gasteiger partial charge in [0.2, 0.25) is 26.0 Å². The van der Waals surface area contributed by atoms with E-state index in [0.717, 1.165) is 5.56 Å². The van der Waals surface area contributed by atoms with E-state index in [2.05, 4.69) is 10.0 Å². The number of amides is 1. The van der Waals surface area contributed by atoms with Gasteiger partial charge in [-0.2, -0.15) is 4.31 Å². The number of hydrogen-bond acceptors (Lipinski definition) is 6. The van der Waals surface area contributed by atoms with Gasteiger partial charge >= 0.3 is 0 Å². The van der Waals surface area contributed by atoms with Crippen molar-refractivity contribution in [3.05, 3.63) is 48.0 Å². The third-order valence-corrected chi connectivity index (χ3v) is 8.97. The second kappa shape index (κ2) is 10.2. The van der Waals surface area contributed by atoms with Crippen LogP contribution < -0.4 is 14.8 Å². The first-order valence-electron chi connectivity index (χ1n) is 10.7. The molecule has 0 spiro atoms. The molecule has 0 saturated carbocycles. The molecule has 0 atom stereocenters. The second-order valence-corrected chi connectivity index (χ2v) is 11.6. The highest BCUT2D eigenvalue weighted by atomic mass is 32.2. The van der Waals surface area contributed by atoms with Gasteiger partial charge in [0.1, 0.15) is 5.75 Å². The number of nitrogens with zero attached hydrogens (tertiary/aromatic N) is 1. The van der Waals surface area contributed by atoms with Crippen LogP contribution in [-0.4, -0.2) is 53.8 Å². The molecule has 1 aliphatic heterocycles. The van der Waals surface area contributed by atoms with Gasteiger partial charge in [0.15, 0.2) is 0 Å². The molecule has 0 aromatic heterocycles. The van der Waals surface area contributed by atoms with Gasteiger partial charge in [0.25, 0.3) is 0 Å². The number of carbonyl (C=O) groups excluding carboxylic acids is 1. The second-order valence-electron chi connectivity index (χ2n) is 7.76. The van der Waals surface area contributed by atoms with Crippen LogP contribution in [0.15, 0.2) is 52.3 Å². The molecule has 180 valence electrons. The lowest BCUT2D eigenvalue weighted by Crippen LogP contribution is -2.41. The molecular weight excluding hydrogens is 466 g/mol. The van der Waals surface area contributed by atoms with Gasteiger partial charge in [-0.05, 0) is 75.7 Å². The summed E-state index contributed by atoms with van der Waals surface area (Å²) < 4.78 is 59.0. The summed E-state index contributed by atoms with van der Waals surface area (Å²) in [6, 6.07) is 10.8. The molecule has 2 N–H and O–H groups in total. The van der Waals surface area contributed by atoms with Crippen molar-refractivity contribution < 1.29 is 26.4 Å². The van der Waals surface area contributed by atoms with E-state index >= 15 is 0 Å². The number of sulfonamides is 2. The largest absolute Gasteiger partial charge is 0.494 e. The molecule has 0 aliphatic carbocycles. The molecule has 1 fully saturated rings. The van der Waals surface area contributed by atoms with Crippen LogP contribution in [0.3, 0.4) is 0 Å². The van der Waals surface area contributed by atoms with Gasteiger partial charge in [-0.1, -0.05) is 6.07 Å². The highest BCUT2D eigenvalue weighted by Crippen LogP contribution is 2.27. The first-order valence-corrected chi connectivity index (χ1v) is 13.6.